The fourth-order valence-electron chi connectivity index (χ4n) is 3.20. The molecule has 3 aromatic carbocycles. The van der Waals surface area contributed by atoms with Gasteiger partial charge < -0.3 is 4.74 Å². The van der Waals surface area contributed by atoms with Gasteiger partial charge in [-0.3, -0.25) is 9.69 Å². The van der Waals surface area contributed by atoms with Gasteiger partial charge in [0, 0.05) is 16.3 Å². The van der Waals surface area contributed by atoms with Crippen LogP contribution in [-0.4, -0.2) is 11.7 Å². The summed E-state index contributed by atoms with van der Waals surface area (Å²) in [5, 5.41) is 0.532. The topological polar surface area (TPSA) is 29.5 Å². The number of hydrogen-bond donors (Lipinski definition) is 0. The number of anilines is 1. The number of aryl methyl sites for hydroxylation is 1. The van der Waals surface area contributed by atoms with Crippen LogP contribution >= 0.6 is 23.4 Å². The molecule has 5 heteroatoms. The summed E-state index contributed by atoms with van der Waals surface area (Å²) in [6.07, 6.45) is 0. The minimum absolute atomic E-state index is 0.0886. The third-order valence-corrected chi connectivity index (χ3v) is 6.12. The van der Waals surface area contributed by atoms with E-state index in [2.05, 4.69) is 31.2 Å². The molecule has 1 atom stereocenters. The van der Waals surface area contributed by atoms with E-state index in [9.17, 15) is 4.79 Å². The van der Waals surface area contributed by atoms with Crippen molar-refractivity contribution in [2.75, 3.05) is 10.7 Å². The van der Waals surface area contributed by atoms with Crippen LogP contribution in [0.2, 0.25) is 5.02 Å². The molecule has 0 saturated carbocycles. The summed E-state index contributed by atoms with van der Waals surface area (Å²) in [5.41, 5.74) is 4.19. The average Bonchev–Trinajstić information content (AvgIpc) is 3.10. The Labute approximate surface area is 174 Å². The first-order chi connectivity index (χ1) is 13.6. The molecule has 0 N–H and O–H groups in total. The number of benzene rings is 3. The molecule has 0 spiro atoms. The van der Waals surface area contributed by atoms with Crippen LogP contribution in [0.1, 0.15) is 22.1 Å². The summed E-state index contributed by atoms with van der Waals surface area (Å²) < 4.78 is 6.14. The molecule has 1 amide bonds. The first kappa shape index (κ1) is 18.9. The van der Waals surface area contributed by atoms with Crippen LogP contribution in [0, 0.1) is 6.92 Å². The number of nitrogens with zero attached hydrogens (tertiary/aromatic N) is 1. The molecular formula is C23H20ClNO2S. The SMILES string of the molecule is Cc1ccc(COc2ccccc2[C@@H]2SCC(=O)N2c2ccc(Cl)cc2)cc1. The third kappa shape index (κ3) is 4.03. The minimum atomic E-state index is -0.122. The van der Waals surface area contributed by atoms with Gasteiger partial charge in [-0.25, -0.2) is 0 Å². The van der Waals surface area contributed by atoms with E-state index in [1.54, 1.807) is 11.8 Å². The zero-order valence-electron chi connectivity index (χ0n) is 15.5. The Morgan fingerprint density at radius 3 is 2.50 bits per heavy atom. The van der Waals surface area contributed by atoms with Gasteiger partial charge in [0.1, 0.15) is 17.7 Å². The minimum Gasteiger partial charge on any atom is -0.489 e. The maximum Gasteiger partial charge on any atom is 0.238 e. The molecule has 1 aliphatic rings. The summed E-state index contributed by atoms with van der Waals surface area (Å²) in [4.78, 5) is 14.4. The molecule has 4 rings (SSSR count). The second kappa shape index (κ2) is 8.29. The summed E-state index contributed by atoms with van der Waals surface area (Å²) in [7, 11) is 0. The van der Waals surface area contributed by atoms with E-state index in [1.807, 2.05) is 53.4 Å². The van der Waals surface area contributed by atoms with Crippen molar-refractivity contribution in [3.8, 4) is 5.75 Å². The number of carbonyl (C=O) groups is 1. The summed E-state index contributed by atoms with van der Waals surface area (Å²) in [5.74, 6) is 1.33. The van der Waals surface area contributed by atoms with Gasteiger partial charge in [0.15, 0.2) is 0 Å². The number of thioether (sulfide) groups is 1. The van der Waals surface area contributed by atoms with E-state index in [-0.39, 0.29) is 11.3 Å². The molecule has 0 unspecified atom stereocenters. The highest BCUT2D eigenvalue weighted by molar-refractivity contribution is 8.00. The van der Waals surface area contributed by atoms with E-state index < -0.39 is 0 Å². The second-order valence-corrected chi connectivity index (χ2v) is 8.22. The molecule has 1 fully saturated rings. The predicted molar refractivity (Wildman–Crippen MR) is 116 cm³/mol. The number of hydrogen-bond acceptors (Lipinski definition) is 3. The third-order valence-electron chi connectivity index (χ3n) is 4.67. The second-order valence-electron chi connectivity index (χ2n) is 6.72. The molecule has 3 nitrogen and oxygen atoms in total. The van der Waals surface area contributed by atoms with Crippen molar-refractivity contribution in [3.63, 3.8) is 0 Å². The van der Waals surface area contributed by atoms with Crippen LogP contribution in [-0.2, 0) is 11.4 Å². The molecule has 0 aliphatic carbocycles. The molecule has 28 heavy (non-hydrogen) atoms. The number of para-hydroxylation sites is 1. The maximum absolute atomic E-state index is 12.6. The summed E-state index contributed by atoms with van der Waals surface area (Å²) in [6.45, 7) is 2.56. The number of ether oxygens (including phenoxy) is 1. The Kier molecular flexibility index (Phi) is 5.60. The van der Waals surface area contributed by atoms with Crippen molar-refractivity contribution in [2.45, 2.75) is 18.9 Å². The quantitative estimate of drug-likeness (QED) is 0.517. The van der Waals surface area contributed by atoms with Gasteiger partial charge in [0.05, 0.1) is 5.75 Å². The van der Waals surface area contributed by atoms with Crippen molar-refractivity contribution < 1.29 is 9.53 Å². The summed E-state index contributed by atoms with van der Waals surface area (Å²) in [6, 6.07) is 23.6. The molecule has 1 saturated heterocycles. The molecule has 3 aromatic rings. The Morgan fingerprint density at radius 2 is 1.75 bits per heavy atom. The Hall–Kier alpha value is -2.43. The van der Waals surface area contributed by atoms with E-state index in [0.717, 1.165) is 22.6 Å². The zero-order chi connectivity index (χ0) is 19.5. The molecular weight excluding hydrogens is 390 g/mol. The van der Waals surface area contributed by atoms with Crippen molar-refractivity contribution in [2.24, 2.45) is 0 Å². The number of halogens is 1. The van der Waals surface area contributed by atoms with Crippen LogP contribution in [0.3, 0.4) is 0 Å². The lowest BCUT2D eigenvalue weighted by Crippen LogP contribution is -2.28. The van der Waals surface area contributed by atoms with Gasteiger partial charge >= 0.3 is 0 Å². The van der Waals surface area contributed by atoms with E-state index in [1.165, 1.54) is 5.56 Å². The van der Waals surface area contributed by atoms with Crippen molar-refractivity contribution in [1.29, 1.82) is 0 Å². The number of amides is 1. The lowest BCUT2D eigenvalue weighted by molar-refractivity contribution is -0.115. The largest absolute Gasteiger partial charge is 0.489 e. The lowest BCUT2D eigenvalue weighted by Gasteiger charge is -2.26. The van der Waals surface area contributed by atoms with Crippen LogP contribution in [0.4, 0.5) is 5.69 Å². The number of carbonyl (C=O) groups excluding carboxylic acids is 1. The normalized spacial score (nSPS) is 16.4. The highest BCUT2D eigenvalue weighted by Gasteiger charge is 2.35. The van der Waals surface area contributed by atoms with Crippen LogP contribution in [0.25, 0.3) is 0 Å². The van der Waals surface area contributed by atoms with E-state index >= 15 is 0 Å². The van der Waals surface area contributed by atoms with Gasteiger partial charge in [0.25, 0.3) is 0 Å². The zero-order valence-corrected chi connectivity index (χ0v) is 17.0. The fraction of sp³-hybridized carbons (Fsp3) is 0.174. The molecule has 142 valence electrons. The van der Waals surface area contributed by atoms with Gasteiger partial charge in [-0.15, -0.1) is 11.8 Å². The molecule has 0 radical (unpaired) electrons. The molecule has 0 bridgehead atoms. The molecule has 0 aromatic heterocycles. The van der Waals surface area contributed by atoms with Crippen LogP contribution < -0.4 is 9.64 Å². The molecule has 1 aliphatic heterocycles. The fourth-order valence-corrected chi connectivity index (χ4v) is 4.52. The Morgan fingerprint density at radius 1 is 1.04 bits per heavy atom. The maximum atomic E-state index is 12.6. The molecule has 1 heterocycles. The van der Waals surface area contributed by atoms with E-state index in [0.29, 0.717) is 17.4 Å². The summed E-state index contributed by atoms with van der Waals surface area (Å²) >= 11 is 7.63. The van der Waals surface area contributed by atoms with E-state index in [4.69, 9.17) is 16.3 Å². The first-order valence-corrected chi connectivity index (χ1v) is 10.5. The first-order valence-electron chi connectivity index (χ1n) is 9.08. The van der Waals surface area contributed by atoms with Gasteiger partial charge in [-0.2, -0.15) is 0 Å². The lowest BCUT2D eigenvalue weighted by atomic mass is 10.1. The Balaban J connectivity index is 1.60. The smallest absolute Gasteiger partial charge is 0.238 e. The van der Waals surface area contributed by atoms with Gasteiger partial charge in [-0.05, 0) is 42.8 Å². The van der Waals surface area contributed by atoms with Gasteiger partial charge in [-0.1, -0.05) is 59.6 Å². The Bertz CT molecular complexity index is 973. The van der Waals surface area contributed by atoms with Crippen molar-refractivity contribution in [3.05, 3.63) is 94.5 Å². The van der Waals surface area contributed by atoms with Crippen molar-refractivity contribution >= 4 is 35.0 Å². The van der Waals surface area contributed by atoms with Crippen LogP contribution in [0.15, 0.2) is 72.8 Å². The standard InChI is InChI=1S/C23H20ClNO2S/c1-16-6-8-17(9-7-16)14-27-21-5-3-2-4-20(21)23-25(22(26)15-28-23)19-12-10-18(24)11-13-19/h2-13,23H,14-15H2,1H3/t23-/m0/s1. The monoisotopic (exact) mass is 409 g/mol. The highest BCUT2D eigenvalue weighted by Crippen LogP contribution is 2.45. The highest BCUT2D eigenvalue weighted by atomic mass is 35.5. The predicted octanol–water partition coefficient (Wildman–Crippen LogP) is 6.01. The van der Waals surface area contributed by atoms with Crippen LogP contribution in [0.5, 0.6) is 5.75 Å². The van der Waals surface area contributed by atoms with Crippen molar-refractivity contribution in [1.82, 2.24) is 0 Å². The average molecular weight is 410 g/mol. The van der Waals surface area contributed by atoms with Gasteiger partial charge in [0.2, 0.25) is 5.91 Å². The number of rotatable bonds is 5.